The summed E-state index contributed by atoms with van der Waals surface area (Å²) in [6.07, 6.45) is -2.29. The molecule has 2 aliphatic heterocycles. The fourth-order valence-electron chi connectivity index (χ4n) is 2.72. The van der Waals surface area contributed by atoms with E-state index >= 15 is 0 Å². The van der Waals surface area contributed by atoms with E-state index in [0.29, 0.717) is 13.2 Å². The summed E-state index contributed by atoms with van der Waals surface area (Å²) in [6.45, 7) is 0.901. The molecule has 0 amide bonds. The first kappa shape index (κ1) is 13.1. The number of alkyl halides is 3. The van der Waals surface area contributed by atoms with E-state index in [9.17, 15) is 13.2 Å². The molecule has 0 N–H and O–H groups in total. The molecular weight excluding hydrogens is 235 g/mol. The van der Waals surface area contributed by atoms with Gasteiger partial charge in [-0.1, -0.05) is 0 Å². The van der Waals surface area contributed by atoms with E-state index in [1.165, 1.54) is 7.11 Å². The molecule has 0 radical (unpaired) electrons. The van der Waals surface area contributed by atoms with Crippen LogP contribution in [0.5, 0.6) is 0 Å². The van der Waals surface area contributed by atoms with Gasteiger partial charge in [0, 0.05) is 25.7 Å². The second-order valence-corrected chi connectivity index (χ2v) is 4.81. The maximum absolute atomic E-state index is 12.8. The minimum Gasteiger partial charge on any atom is -0.384 e. The Balaban J connectivity index is 1.98. The quantitative estimate of drug-likeness (QED) is 0.760. The number of rotatable bonds is 4. The van der Waals surface area contributed by atoms with Crippen molar-refractivity contribution in [2.75, 3.05) is 33.5 Å². The van der Waals surface area contributed by atoms with Crippen LogP contribution in [-0.4, -0.2) is 56.6 Å². The number of halogens is 3. The third-order valence-corrected chi connectivity index (χ3v) is 3.65. The zero-order valence-corrected chi connectivity index (χ0v) is 9.87. The number of methoxy groups -OCH3 is 1. The number of hydrogen-bond acceptors (Lipinski definition) is 3. The highest BCUT2D eigenvalue weighted by Gasteiger charge is 2.45. The predicted octanol–water partition coefficient (Wildman–Crippen LogP) is 1.67. The maximum Gasteiger partial charge on any atom is 0.395 e. The fourth-order valence-corrected chi connectivity index (χ4v) is 2.72. The third-order valence-electron chi connectivity index (χ3n) is 3.65. The van der Waals surface area contributed by atoms with Crippen molar-refractivity contribution in [3.8, 4) is 0 Å². The Morgan fingerprint density at radius 1 is 1.29 bits per heavy atom. The van der Waals surface area contributed by atoms with Gasteiger partial charge in [0.25, 0.3) is 0 Å². The van der Waals surface area contributed by atoms with Crippen LogP contribution in [0.4, 0.5) is 13.2 Å². The molecule has 0 aliphatic carbocycles. The SMILES string of the molecule is COC[C@H](CN1C2CCC1COC2)C(F)(F)F. The fraction of sp³-hybridized carbons (Fsp3) is 1.00. The lowest BCUT2D eigenvalue weighted by atomic mass is 10.1. The van der Waals surface area contributed by atoms with Gasteiger partial charge in [0.15, 0.2) is 0 Å². The normalized spacial score (nSPS) is 31.8. The van der Waals surface area contributed by atoms with E-state index in [4.69, 9.17) is 4.74 Å². The lowest BCUT2D eigenvalue weighted by molar-refractivity contribution is -0.195. The van der Waals surface area contributed by atoms with Crippen LogP contribution < -0.4 is 0 Å². The van der Waals surface area contributed by atoms with Crippen LogP contribution in [0.1, 0.15) is 12.8 Å². The molecule has 3 nitrogen and oxygen atoms in total. The molecule has 2 rings (SSSR count). The minimum atomic E-state index is -4.19. The van der Waals surface area contributed by atoms with Crippen molar-refractivity contribution in [3.63, 3.8) is 0 Å². The Morgan fingerprint density at radius 3 is 2.35 bits per heavy atom. The highest BCUT2D eigenvalue weighted by Crippen LogP contribution is 2.33. The Kier molecular flexibility index (Phi) is 3.95. The van der Waals surface area contributed by atoms with E-state index < -0.39 is 12.1 Å². The Bertz CT molecular complexity index is 244. The topological polar surface area (TPSA) is 21.7 Å². The Hall–Kier alpha value is -0.330. The molecule has 6 heteroatoms. The number of morpholine rings is 1. The van der Waals surface area contributed by atoms with E-state index in [1.54, 1.807) is 0 Å². The van der Waals surface area contributed by atoms with E-state index in [2.05, 4.69) is 4.74 Å². The van der Waals surface area contributed by atoms with Crippen molar-refractivity contribution < 1.29 is 22.6 Å². The monoisotopic (exact) mass is 253 g/mol. The van der Waals surface area contributed by atoms with Crippen molar-refractivity contribution >= 4 is 0 Å². The molecule has 2 aliphatic rings. The van der Waals surface area contributed by atoms with Crippen LogP contribution in [0.25, 0.3) is 0 Å². The number of nitrogens with zero attached hydrogens (tertiary/aromatic N) is 1. The van der Waals surface area contributed by atoms with Gasteiger partial charge in [-0.25, -0.2) is 0 Å². The molecule has 0 aromatic heterocycles. The molecule has 2 unspecified atom stereocenters. The van der Waals surface area contributed by atoms with Crippen LogP contribution in [-0.2, 0) is 9.47 Å². The summed E-state index contributed by atoms with van der Waals surface area (Å²) >= 11 is 0. The molecule has 0 saturated carbocycles. The van der Waals surface area contributed by atoms with Gasteiger partial charge in [0.1, 0.15) is 0 Å². The summed E-state index contributed by atoms with van der Waals surface area (Å²) in [5.41, 5.74) is 0. The summed E-state index contributed by atoms with van der Waals surface area (Å²) in [6, 6.07) is 0.325. The molecule has 2 fully saturated rings. The molecular formula is C11H18F3NO2. The summed E-state index contributed by atoms with van der Waals surface area (Å²) in [7, 11) is 1.31. The lowest BCUT2D eigenvalue weighted by Crippen LogP contribution is -2.50. The van der Waals surface area contributed by atoms with Crippen LogP contribution in [0, 0.1) is 5.92 Å². The average Bonchev–Trinajstić information content (AvgIpc) is 2.49. The zero-order valence-electron chi connectivity index (χ0n) is 9.87. The van der Waals surface area contributed by atoms with Crippen LogP contribution >= 0.6 is 0 Å². The molecule has 100 valence electrons. The van der Waals surface area contributed by atoms with E-state index in [0.717, 1.165) is 12.8 Å². The first-order valence-electron chi connectivity index (χ1n) is 5.91. The second-order valence-electron chi connectivity index (χ2n) is 4.81. The second kappa shape index (κ2) is 5.12. The molecule has 0 aromatic rings. The van der Waals surface area contributed by atoms with Crippen molar-refractivity contribution in [1.29, 1.82) is 0 Å². The molecule has 2 saturated heterocycles. The van der Waals surface area contributed by atoms with Gasteiger partial charge in [0.05, 0.1) is 25.7 Å². The molecule has 0 spiro atoms. The van der Waals surface area contributed by atoms with Gasteiger partial charge in [-0.3, -0.25) is 4.90 Å². The molecule has 17 heavy (non-hydrogen) atoms. The molecule has 0 aromatic carbocycles. The first-order valence-corrected chi connectivity index (χ1v) is 5.91. The highest BCUT2D eigenvalue weighted by atomic mass is 19.4. The van der Waals surface area contributed by atoms with Gasteiger partial charge in [-0.05, 0) is 12.8 Å². The standard InChI is InChI=1S/C11H18F3NO2/c1-16-5-8(11(12,13)14)4-15-9-2-3-10(15)7-17-6-9/h8-10H,2-7H2,1H3/t8-,9?,10?/m0/s1. The molecule has 3 atom stereocenters. The molecule has 2 heterocycles. The maximum atomic E-state index is 12.8. The Morgan fingerprint density at radius 2 is 1.88 bits per heavy atom. The molecule has 2 bridgehead atoms. The summed E-state index contributed by atoms with van der Waals surface area (Å²) in [5.74, 6) is -1.39. The average molecular weight is 253 g/mol. The lowest BCUT2D eigenvalue weighted by Gasteiger charge is -2.37. The smallest absolute Gasteiger partial charge is 0.384 e. The zero-order chi connectivity index (χ0) is 12.5. The highest BCUT2D eigenvalue weighted by molar-refractivity contribution is 4.92. The number of hydrogen-bond donors (Lipinski definition) is 0. The number of fused-ring (bicyclic) bond motifs is 2. The van der Waals surface area contributed by atoms with Crippen molar-refractivity contribution in [2.45, 2.75) is 31.1 Å². The van der Waals surface area contributed by atoms with Crippen LogP contribution in [0.2, 0.25) is 0 Å². The first-order chi connectivity index (χ1) is 8.02. The largest absolute Gasteiger partial charge is 0.395 e. The summed E-state index contributed by atoms with van der Waals surface area (Å²) in [4.78, 5) is 1.96. The van der Waals surface area contributed by atoms with E-state index in [-0.39, 0.29) is 25.2 Å². The van der Waals surface area contributed by atoms with Gasteiger partial charge in [-0.15, -0.1) is 0 Å². The van der Waals surface area contributed by atoms with Crippen molar-refractivity contribution in [1.82, 2.24) is 4.90 Å². The summed E-state index contributed by atoms with van der Waals surface area (Å²) in [5, 5.41) is 0. The van der Waals surface area contributed by atoms with Gasteiger partial charge in [-0.2, -0.15) is 13.2 Å². The predicted molar refractivity (Wildman–Crippen MR) is 55.8 cm³/mol. The van der Waals surface area contributed by atoms with Gasteiger partial charge < -0.3 is 9.47 Å². The number of ether oxygens (including phenoxy) is 2. The minimum absolute atomic E-state index is 0.0377. The van der Waals surface area contributed by atoms with Crippen LogP contribution in [0.15, 0.2) is 0 Å². The Labute approximate surface area is 98.9 Å². The van der Waals surface area contributed by atoms with Gasteiger partial charge in [0.2, 0.25) is 0 Å². The van der Waals surface area contributed by atoms with Crippen molar-refractivity contribution in [3.05, 3.63) is 0 Å². The van der Waals surface area contributed by atoms with Crippen LogP contribution in [0.3, 0.4) is 0 Å². The summed E-state index contributed by atoms with van der Waals surface area (Å²) < 4.78 is 48.4. The van der Waals surface area contributed by atoms with Crippen molar-refractivity contribution in [2.24, 2.45) is 5.92 Å². The van der Waals surface area contributed by atoms with Gasteiger partial charge >= 0.3 is 6.18 Å². The van der Waals surface area contributed by atoms with E-state index in [1.807, 2.05) is 4.90 Å². The third kappa shape index (κ3) is 2.92.